The molecule has 1 unspecified atom stereocenters. The minimum atomic E-state index is -0.207. The van der Waals surface area contributed by atoms with Gasteiger partial charge in [0, 0.05) is 31.6 Å². The molecule has 2 heterocycles. The molecule has 202 valence electrons. The lowest BCUT2D eigenvalue weighted by Gasteiger charge is -2.49. The fourth-order valence-electron chi connectivity index (χ4n) is 10.2. The van der Waals surface area contributed by atoms with Crippen molar-refractivity contribution in [2.45, 2.75) is 109 Å². The standard InChI is InChI=1S/C32H52N2O2/c1-20-15-29-30(34(19-20)14-13-33(5)6)22(3)32(36-29)12-10-25-26-8-7-23-16-24(35)9-11-31(23,4)28(26)17-27(25)21(2)18-32/h16,20,22,24-26,28-30,35H,7-15,17-19H2,1-6H3/t20?,22-,24+,25+,26+,28+,29-,30+,31+,32+/m1/s1. The van der Waals surface area contributed by atoms with Gasteiger partial charge >= 0.3 is 0 Å². The van der Waals surface area contributed by atoms with Crippen molar-refractivity contribution in [2.24, 2.45) is 35.0 Å². The lowest BCUT2D eigenvalue weighted by molar-refractivity contribution is -0.0795. The molecule has 1 spiro atoms. The molecule has 10 atom stereocenters. The molecule has 0 radical (unpaired) electrons. The Labute approximate surface area is 220 Å². The largest absolute Gasteiger partial charge is 0.389 e. The smallest absolute Gasteiger partial charge is 0.0765 e. The van der Waals surface area contributed by atoms with Crippen molar-refractivity contribution in [2.75, 3.05) is 33.7 Å². The molecule has 0 aromatic rings. The van der Waals surface area contributed by atoms with E-state index in [1.54, 1.807) is 11.1 Å². The number of ether oxygens (including phenoxy) is 1. The fraction of sp³-hybridized carbons (Fsp3) is 0.875. The van der Waals surface area contributed by atoms with Crippen LogP contribution in [0.2, 0.25) is 0 Å². The van der Waals surface area contributed by atoms with E-state index in [-0.39, 0.29) is 11.7 Å². The van der Waals surface area contributed by atoms with Gasteiger partial charge in [0.15, 0.2) is 0 Å². The average molecular weight is 497 g/mol. The first-order valence-corrected chi connectivity index (χ1v) is 15.3. The van der Waals surface area contributed by atoms with Crippen LogP contribution in [0.25, 0.3) is 0 Å². The van der Waals surface area contributed by atoms with Crippen LogP contribution in [-0.2, 0) is 4.74 Å². The second-order valence-electron chi connectivity index (χ2n) is 14.5. The van der Waals surface area contributed by atoms with Gasteiger partial charge in [0.05, 0.1) is 17.8 Å². The molecule has 0 aromatic heterocycles. The van der Waals surface area contributed by atoms with Crippen molar-refractivity contribution in [1.29, 1.82) is 0 Å². The number of likely N-dealkylation sites (tertiary alicyclic amines) is 1. The van der Waals surface area contributed by atoms with Gasteiger partial charge in [0.25, 0.3) is 0 Å². The normalized spacial score (nSPS) is 48.9. The summed E-state index contributed by atoms with van der Waals surface area (Å²) in [6.45, 7) is 13.5. The monoisotopic (exact) mass is 496 g/mol. The second kappa shape index (κ2) is 9.21. The topological polar surface area (TPSA) is 35.9 Å². The maximum absolute atomic E-state index is 10.3. The third-order valence-electron chi connectivity index (χ3n) is 12.1. The van der Waals surface area contributed by atoms with Gasteiger partial charge in [-0.2, -0.15) is 0 Å². The van der Waals surface area contributed by atoms with Gasteiger partial charge in [0.2, 0.25) is 0 Å². The molecular formula is C32H52N2O2. The van der Waals surface area contributed by atoms with Crippen LogP contribution < -0.4 is 0 Å². The Morgan fingerprint density at radius 2 is 1.97 bits per heavy atom. The lowest BCUT2D eigenvalue weighted by Crippen LogP contribution is -2.53. The summed E-state index contributed by atoms with van der Waals surface area (Å²) in [6, 6.07) is 0.583. The van der Waals surface area contributed by atoms with Gasteiger partial charge in [-0.3, -0.25) is 4.90 Å². The van der Waals surface area contributed by atoms with Gasteiger partial charge in [-0.25, -0.2) is 0 Å². The molecule has 0 bridgehead atoms. The maximum Gasteiger partial charge on any atom is 0.0765 e. The van der Waals surface area contributed by atoms with Gasteiger partial charge in [-0.15, -0.1) is 0 Å². The van der Waals surface area contributed by atoms with Crippen molar-refractivity contribution in [1.82, 2.24) is 9.80 Å². The molecule has 4 nitrogen and oxygen atoms in total. The zero-order valence-electron chi connectivity index (χ0n) is 23.9. The number of hydrogen-bond donors (Lipinski definition) is 1. The van der Waals surface area contributed by atoms with Gasteiger partial charge in [0.1, 0.15) is 0 Å². The van der Waals surface area contributed by atoms with E-state index in [0.717, 1.165) is 49.6 Å². The average Bonchev–Trinajstić information content (AvgIpc) is 3.28. The van der Waals surface area contributed by atoms with Crippen molar-refractivity contribution >= 4 is 0 Å². The number of likely N-dealkylation sites (N-methyl/N-ethyl adjacent to an activating group) is 1. The summed E-state index contributed by atoms with van der Waals surface area (Å²) in [4.78, 5) is 5.14. The van der Waals surface area contributed by atoms with Crippen molar-refractivity contribution < 1.29 is 9.84 Å². The van der Waals surface area contributed by atoms with E-state index in [1.165, 1.54) is 51.5 Å². The maximum atomic E-state index is 10.3. The van der Waals surface area contributed by atoms with Crippen LogP contribution in [0.3, 0.4) is 0 Å². The van der Waals surface area contributed by atoms with Crippen LogP contribution in [0.5, 0.6) is 0 Å². The molecule has 6 aliphatic rings. The Kier molecular flexibility index (Phi) is 6.55. The summed E-state index contributed by atoms with van der Waals surface area (Å²) in [5, 5.41) is 10.3. The molecule has 36 heavy (non-hydrogen) atoms. The quantitative estimate of drug-likeness (QED) is 0.511. The van der Waals surface area contributed by atoms with Gasteiger partial charge < -0.3 is 14.7 Å². The molecule has 2 saturated carbocycles. The summed E-state index contributed by atoms with van der Waals surface area (Å²) in [6.07, 6.45) is 13.3. The number of fused-ring (bicyclic) bond motifs is 6. The molecule has 0 amide bonds. The van der Waals surface area contributed by atoms with E-state index in [4.69, 9.17) is 4.74 Å². The SMILES string of the molecule is CC1=C2C[C@H]3[C@@H](CCC4=C[C@@H](O)CC[C@@]43C)[C@@H]2CC[C@@]2(C1)O[C@@H]1CC(C)CN(CCN(C)C)[C@H]1[C@H]2C. The minimum absolute atomic E-state index is 0.0330. The molecule has 2 aliphatic heterocycles. The fourth-order valence-corrected chi connectivity index (χ4v) is 10.2. The number of aliphatic hydroxyl groups excluding tert-OH is 1. The summed E-state index contributed by atoms with van der Waals surface area (Å²) < 4.78 is 7.26. The zero-order chi connectivity index (χ0) is 25.4. The number of nitrogens with zero attached hydrogens (tertiary/aromatic N) is 2. The summed E-state index contributed by atoms with van der Waals surface area (Å²) in [7, 11) is 4.40. The predicted octanol–water partition coefficient (Wildman–Crippen LogP) is 5.67. The van der Waals surface area contributed by atoms with Crippen LogP contribution >= 0.6 is 0 Å². The molecule has 4 aliphatic carbocycles. The number of allylic oxidation sites excluding steroid dienone is 2. The summed E-state index contributed by atoms with van der Waals surface area (Å²) in [5.41, 5.74) is 5.42. The van der Waals surface area contributed by atoms with Gasteiger partial charge in [-0.1, -0.05) is 43.6 Å². The zero-order valence-corrected chi connectivity index (χ0v) is 23.9. The summed E-state index contributed by atoms with van der Waals surface area (Å²) >= 11 is 0. The van der Waals surface area contributed by atoms with Crippen LogP contribution in [0, 0.1) is 35.0 Å². The second-order valence-corrected chi connectivity index (χ2v) is 14.5. The molecule has 0 aromatic carbocycles. The van der Waals surface area contributed by atoms with E-state index < -0.39 is 0 Å². The van der Waals surface area contributed by atoms with Crippen molar-refractivity contribution in [3.05, 3.63) is 22.8 Å². The highest BCUT2D eigenvalue weighted by Gasteiger charge is 2.59. The van der Waals surface area contributed by atoms with Crippen molar-refractivity contribution in [3.63, 3.8) is 0 Å². The van der Waals surface area contributed by atoms with Gasteiger partial charge in [-0.05, 0) is 108 Å². The first-order chi connectivity index (χ1) is 17.1. The molecule has 2 saturated heterocycles. The highest BCUT2D eigenvalue weighted by Crippen LogP contribution is 2.64. The highest BCUT2D eigenvalue weighted by molar-refractivity contribution is 5.33. The molecular weight excluding hydrogens is 444 g/mol. The van der Waals surface area contributed by atoms with Crippen LogP contribution in [0.4, 0.5) is 0 Å². The molecule has 4 heteroatoms. The Balaban J connectivity index is 1.26. The lowest BCUT2D eigenvalue weighted by atomic mass is 9.56. The Morgan fingerprint density at radius 1 is 1.17 bits per heavy atom. The minimum Gasteiger partial charge on any atom is -0.389 e. The summed E-state index contributed by atoms with van der Waals surface area (Å²) in [5.74, 6) is 3.70. The Bertz CT molecular complexity index is 925. The Morgan fingerprint density at radius 3 is 2.75 bits per heavy atom. The van der Waals surface area contributed by atoms with E-state index in [2.05, 4.69) is 57.7 Å². The molecule has 1 N–H and O–H groups in total. The molecule has 6 rings (SSSR count). The van der Waals surface area contributed by atoms with Crippen LogP contribution in [-0.4, -0.2) is 72.5 Å². The number of aliphatic hydroxyl groups is 1. The highest BCUT2D eigenvalue weighted by atomic mass is 16.5. The number of piperidine rings is 1. The number of hydrogen-bond acceptors (Lipinski definition) is 4. The van der Waals surface area contributed by atoms with E-state index >= 15 is 0 Å². The predicted molar refractivity (Wildman–Crippen MR) is 147 cm³/mol. The third-order valence-corrected chi connectivity index (χ3v) is 12.1. The number of rotatable bonds is 3. The van der Waals surface area contributed by atoms with Crippen LogP contribution in [0.15, 0.2) is 22.8 Å². The molecule has 4 fully saturated rings. The van der Waals surface area contributed by atoms with E-state index in [0.29, 0.717) is 23.5 Å². The Hall–Kier alpha value is -0.680. The van der Waals surface area contributed by atoms with E-state index in [1.807, 2.05) is 5.57 Å². The first kappa shape index (κ1) is 25.6. The third kappa shape index (κ3) is 4.00. The van der Waals surface area contributed by atoms with Crippen molar-refractivity contribution in [3.8, 4) is 0 Å². The van der Waals surface area contributed by atoms with Crippen LogP contribution in [0.1, 0.15) is 85.5 Å². The first-order valence-electron chi connectivity index (χ1n) is 15.3. The van der Waals surface area contributed by atoms with E-state index in [9.17, 15) is 5.11 Å².